The molecule has 5 heteroatoms. The lowest BCUT2D eigenvalue weighted by Crippen LogP contribution is -2.45. The highest BCUT2D eigenvalue weighted by Gasteiger charge is 2.30. The molecule has 1 amide bonds. The molecular formula is C22H36N4O. The van der Waals surface area contributed by atoms with Gasteiger partial charge in [0.15, 0.2) is 5.69 Å². The average Bonchev–Trinajstić information content (AvgIpc) is 3.07. The predicted molar refractivity (Wildman–Crippen MR) is 108 cm³/mol. The zero-order chi connectivity index (χ0) is 18.6. The highest BCUT2D eigenvalue weighted by atomic mass is 16.2. The predicted octanol–water partition coefficient (Wildman–Crippen LogP) is 4.88. The lowest BCUT2D eigenvalue weighted by molar-refractivity contribution is 0.0742. The Hall–Kier alpha value is -1.36. The maximum atomic E-state index is 13.0. The molecule has 1 aromatic heterocycles. The van der Waals surface area contributed by atoms with Crippen LogP contribution in [0.4, 0.5) is 0 Å². The average molecular weight is 373 g/mol. The van der Waals surface area contributed by atoms with Gasteiger partial charge in [-0.2, -0.15) is 5.10 Å². The molecule has 1 saturated heterocycles. The molecule has 3 fully saturated rings. The van der Waals surface area contributed by atoms with Gasteiger partial charge in [-0.15, -0.1) is 0 Å². The molecule has 1 aliphatic heterocycles. The summed E-state index contributed by atoms with van der Waals surface area (Å²) < 4.78 is 2.30. The fraction of sp³-hybridized carbons (Fsp3) is 0.818. The zero-order valence-electron chi connectivity index (χ0n) is 17.0. The fourth-order valence-corrected chi connectivity index (χ4v) is 5.42. The SMILES string of the molecule is Cc1c(C(=O)NN2CCCCC2)nn(C2CCCCC2)c1C1CCCCC1. The van der Waals surface area contributed by atoms with Crippen molar-refractivity contribution in [2.24, 2.45) is 0 Å². The Kier molecular flexibility index (Phi) is 6.16. The van der Waals surface area contributed by atoms with Crippen molar-refractivity contribution in [3.8, 4) is 0 Å². The number of rotatable bonds is 4. The smallest absolute Gasteiger partial charge is 0.283 e. The maximum absolute atomic E-state index is 13.0. The highest BCUT2D eigenvalue weighted by Crippen LogP contribution is 2.39. The topological polar surface area (TPSA) is 50.2 Å². The Labute approximate surface area is 163 Å². The molecular weight excluding hydrogens is 336 g/mol. The van der Waals surface area contributed by atoms with Gasteiger partial charge in [-0.3, -0.25) is 14.9 Å². The maximum Gasteiger partial charge on any atom is 0.286 e. The van der Waals surface area contributed by atoms with Gasteiger partial charge in [0.25, 0.3) is 5.91 Å². The van der Waals surface area contributed by atoms with Crippen molar-refractivity contribution in [3.05, 3.63) is 17.0 Å². The third-order valence-corrected chi connectivity index (χ3v) is 6.94. The normalized spacial score (nSPS) is 23.4. The fourth-order valence-electron chi connectivity index (χ4n) is 5.42. The van der Waals surface area contributed by atoms with Gasteiger partial charge >= 0.3 is 0 Å². The minimum absolute atomic E-state index is 0.000943. The van der Waals surface area contributed by atoms with E-state index in [1.165, 1.54) is 89.2 Å². The van der Waals surface area contributed by atoms with E-state index in [0.717, 1.165) is 18.7 Å². The minimum atomic E-state index is 0.000943. The molecule has 0 atom stereocenters. The first kappa shape index (κ1) is 19.0. The monoisotopic (exact) mass is 372 g/mol. The van der Waals surface area contributed by atoms with Gasteiger partial charge in [0.1, 0.15) is 0 Å². The minimum Gasteiger partial charge on any atom is -0.283 e. The summed E-state index contributed by atoms with van der Waals surface area (Å²) >= 11 is 0. The quantitative estimate of drug-likeness (QED) is 0.820. The van der Waals surface area contributed by atoms with Gasteiger partial charge < -0.3 is 0 Å². The van der Waals surface area contributed by atoms with Crippen molar-refractivity contribution in [1.29, 1.82) is 0 Å². The molecule has 2 heterocycles. The van der Waals surface area contributed by atoms with E-state index in [0.29, 0.717) is 17.7 Å². The van der Waals surface area contributed by atoms with E-state index in [2.05, 4.69) is 22.0 Å². The lowest BCUT2D eigenvalue weighted by Gasteiger charge is -2.29. The van der Waals surface area contributed by atoms with E-state index in [1.807, 2.05) is 0 Å². The van der Waals surface area contributed by atoms with Crippen molar-refractivity contribution >= 4 is 5.91 Å². The standard InChI is InChI=1S/C22H36N4O/c1-17-20(22(27)24-25-15-9-4-10-16-25)23-26(19-13-7-3-8-14-19)21(17)18-11-5-2-6-12-18/h18-19H,2-16H2,1H3,(H,24,27). The van der Waals surface area contributed by atoms with Crippen LogP contribution >= 0.6 is 0 Å². The number of hydrazine groups is 1. The summed E-state index contributed by atoms with van der Waals surface area (Å²) in [6.07, 6.45) is 16.5. The van der Waals surface area contributed by atoms with E-state index in [1.54, 1.807) is 0 Å². The molecule has 4 rings (SSSR count). The first-order valence-electron chi connectivity index (χ1n) is 11.4. The van der Waals surface area contributed by atoms with Crippen LogP contribution in [-0.4, -0.2) is 33.8 Å². The Morgan fingerprint density at radius 2 is 1.48 bits per heavy atom. The molecule has 3 aliphatic rings. The third kappa shape index (κ3) is 4.23. The molecule has 0 bridgehead atoms. The molecule has 2 aliphatic carbocycles. The second-order valence-corrected chi connectivity index (χ2v) is 8.92. The number of carbonyl (C=O) groups excluding carboxylic acids is 1. The van der Waals surface area contributed by atoms with Crippen molar-refractivity contribution < 1.29 is 4.79 Å². The van der Waals surface area contributed by atoms with E-state index in [9.17, 15) is 4.79 Å². The van der Waals surface area contributed by atoms with Crippen LogP contribution in [0.15, 0.2) is 0 Å². The Bertz CT molecular complexity index is 635. The lowest BCUT2D eigenvalue weighted by atomic mass is 9.84. The zero-order valence-corrected chi connectivity index (χ0v) is 17.0. The summed E-state index contributed by atoms with van der Waals surface area (Å²) in [6.45, 7) is 4.06. The number of hydrogen-bond acceptors (Lipinski definition) is 3. The molecule has 0 aromatic carbocycles. The van der Waals surface area contributed by atoms with E-state index >= 15 is 0 Å². The van der Waals surface area contributed by atoms with Crippen LogP contribution in [0, 0.1) is 6.92 Å². The first-order valence-corrected chi connectivity index (χ1v) is 11.4. The molecule has 2 saturated carbocycles. The molecule has 1 N–H and O–H groups in total. The number of hydrogen-bond donors (Lipinski definition) is 1. The van der Waals surface area contributed by atoms with Gasteiger partial charge in [-0.1, -0.05) is 44.9 Å². The number of amides is 1. The Balaban J connectivity index is 1.60. The van der Waals surface area contributed by atoms with Crippen LogP contribution in [0.25, 0.3) is 0 Å². The summed E-state index contributed by atoms with van der Waals surface area (Å²) in [7, 11) is 0. The second kappa shape index (κ2) is 8.76. The van der Waals surface area contributed by atoms with Gasteiger partial charge in [-0.25, -0.2) is 5.01 Å². The van der Waals surface area contributed by atoms with Gasteiger partial charge in [-0.05, 0) is 45.4 Å². The van der Waals surface area contributed by atoms with Crippen LogP contribution in [0.2, 0.25) is 0 Å². The summed E-state index contributed by atoms with van der Waals surface area (Å²) in [6, 6.07) is 0.492. The number of nitrogens with zero attached hydrogens (tertiary/aromatic N) is 3. The van der Waals surface area contributed by atoms with E-state index < -0.39 is 0 Å². The summed E-state index contributed by atoms with van der Waals surface area (Å²) in [5, 5.41) is 7.04. The van der Waals surface area contributed by atoms with Crippen LogP contribution in [0.5, 0.6) is 0 Å². The molecule has 27 heavy (non-hydrogen) atoms. The first-order chi connectivity index (χ1) is 13.2. The van der Waals surface area contributed by atoms with Crippen molar-refractivity contribution in [2.75, 3.05) is 13.1 Å². The molecule has 0 spiro atoms. The number of nitrogens with one attached hydrogen (secondary N) is 1. The van der Waals surface area contributed by atoms with Crippen molar-refractivity contribution in [1.82, 2.24) is 20.2 Å². The summed E-state index contributed by atoms with van der Waals surface area (Å²) in [4.78, 5) is 13.0. The number of piperidine rings is 1. The summed E-state index contributed by atoms with van der Waals surface area (Å²) in [5.74, 6) is 0.589. The molecule has 1 aromatic rings. The van der Waals surface area contributed by atoms with Gasteiger partial charge in [0.05, 0.1) is 6.04 Å². The number of aromatic nitrogens is 2. The van der Waals surface area contributed by atoms with Crippen LogP contribution in [0.3, 0.4) is 0 Å². The van der Waals surface area contributed by atoms with Gasteiger partial charge in [0.2, 0.25) is 0 Å². The number of carbonyl (C=O) groups is 1. The Morgan fingerprint density at radius 3 is 2.15 bits per heavy atom. The largest absolute Gasteiger partial charge is 0.286 e. The van der Waals surface area contributed by atoms with Crippen molar-refractivity contribution in [2.45, 2.75) is 102 Å². The third-order valence-electron chi connectivity index (χ3n) is 6.94. The van der Waals surface area contributed by atoms with Crippen LogP contribution in [-0.2, 0) is 0 Å². The second-order valence-electron chi connectivity index (χ2n) is 8.92. The molecule has 150 valence electrons. The Morgan fingerprint density at radius 1 is 0.889 bits per heavy atom. The van der Waals surface area contributed by atoms with E-state index in [4.69, 9.17) is 5.10 Å². The molecule has 0 unspecified atom stereocenters. The summed E-state index contributed by atoms with van der Waals surface area (Å²) in [5.41, 5.74) is 6.33. The van der Waals surface area contributed by atoms with E-state index in [-0.39, 0.29) is 5.91 Å². The van der Waals surface area contributed by atoms with Crippen LogP contribution in [0.1, 0.15) is 117 Å². The highest BCUT2D eigenvalue weighted by molar-refractivity contribution is 5.93. The van der Waals surface area contributed by atoms with Crippen molar-refractivity contribution in [3.63, 3.8) is 0 Å². The molecule has 0 radical (unpaired) electrons. The molecule has 5 nitrogen and oxygen atoms in total. The van der Waals surface area contributed by atoms with Crippen LogP contribution < -0.4 is 5.43 Å². The van der Waals surface area contributed by atoms with Gasteiger partial charge in [0, 0.05) is 30.3 Å².